The van der Waals surface area contributed by atoms with Crippen molar-refractivity contribution in [1.82, 2.24) is 4.90 Å². The molecule has 4 rings (SSSR count). The zero-order valence-electron chi connectivity index (χ0n) is 16.3. The molecule has 0 unspecified atom stereocenters. The lowest BCUT2D eigenvalue weighted by Gasteiger charge is -2.36. The number of nitrogens with one attached hydrogen (secondary N) is 1. The van der Waals surface area contributed by atoms with E-state index in [1.165, 1.54) is 6.07 Å². The van der Waals surface area contributed by atoms with Crippen molar-refractivity contribution in [1.29, 1.82) is 0 Å². The van der Waals surface area contributed by atoms with E-state index < -0.39 is 6.10 Å². The molecule has 29 heavy (non-hydrogen) atoms. The molecule has 7 heteroatoms. The second kappa shape index (κ2) is 8.80. The number of aryl methyl sites for hydroxylation is 1. The molecule has 2 aliphatic heterocycles. The van der Waals surface area contributed by atoms with Gasteiger partial charge in [0.15, 0.2) is 0 Å². The third-order valence-corrected chi connectivity index (χ3v) is 5.45. The average Bonchev–Trinajstić information content (AvgIpc) is 2.73. The van der Waals surface area contributed by atoms with Gasteiger partial charge in [0.1, 0.15) is 24.3 Å². The summed E-state index contributed by atoms with van der Waals surface area (Å²) in [4.78, 5) is 15.6. The second-order valence-electron chi connectivity index (χ2n) is 7.57. The second-order valence-corrected chi connectivity index (χ2v) is 7.57. The van der Waals surface area contributed by atoms with Crippen LogP contribution in [0.4, 0.5) is 15.8 Å². The van der Waals surface area contributed by atoms with Crippen LogP contribution in [0, 0.1) is 5.82 Å². The van der Waals surface area contributed by atoms with Crippen molar-refractivity contribution in [3.05, 3.63) is 53.8 Å². The summed E-state index contributed by atoms with van der Waals surface area (Å²) in [5.41, 5.74) is 2.53. The highest BCUT2D eigenvalue weighted by molar-refractivity contribution is 5.93. The number of benzene rings is 2. The van der Waals surface area contributed by atoms with Gasteiger partial charge in [-0.3, -0.25) is 9.69 Å². The summed E-state index contributed by atoms with van der Waals surface area (Å²) in [7, 11) is 0. The largest absolute Gasteiger partial charge is 0.491 e. The highest BCUT2D eigenvalue weighted by atomic mass is 19.1. The number of hydrogen-bond donors (Lipinski definition) is 2. The van der Waals surface area contributed by atoms with Gasteiger partial charge in [-0.05, 0) is 42.3 Å². The Kier molecular flexibility index (Phi) is 5.97. The fraction of sp³-hybridized carbons (Fsp3) is 0.409. The molecular weight excluding hydrogens is 373 g/mol. The summed E-state index contributed by atoms with van der Waals surface area (Å²) >= 11 is 0. The number of fused-ring (bicyclic) bond motifs is 1. The first-order valence-electron chi connectivity index (χ1n) is 10.0. The third-order valence-electron chi connectivity index (χ3n) is 5.45. The van der Waals surface area contributed by atoms with Crippen LogP contribution in [-0.4, -0.2) is 61.3 Å². The summed E-state index contributed by atoms with van der Waals surface area (Å²) in [5.74, 6) is 0.541. The molecule has 0 aromatic heterocycles. The molecule has 1 fully saturated rings. The van der Waals surface area contributed by atoms with Gasteiger partial charge in [-0.2, -0.15) is 0 Å². The number of para-hydroxylation sites is 1. The molecule has 154 valence electrons. The zero-order valence-corrected chi connectivity index (χ0v) is 16.3. The lowest BCUT2D eigenvalue weighted by Crippen LogP contribution is -2.49. The summed E-state index contributed by atoms with van der Waals surface area (Å²) in [5, 5.41) is 13.2. The zero-order chi connectivity index (χ0) is 20.2. The Morgan fingerprint density at radius 3 is 2.69 bits per heavy atom. The number of amides is 1. The first-order valence-corrected chi connectivity index (χ1v) is 10.0. The quantitative estimate of drug-likeness (QED) is 0.780. The number of rotatable bonds is 6. The van der Waals surface area contributed by atoms with Gasteiger partial charge < -0.3 is 20.1 Å². The number of halogens is 1. The van der Waals surface area contributed by atoms with E-state index in [1.807, 2.05) is 29.2 Å². The highest BCUT2D eigenvalue weighted by Crippen LogP contribution is 2.27. The Bertz CT molecular complexity index is 868. The average molecular weight is 399 g/mol. The Morgan fingerprint density at radius 1 is 1.10 bits per heavy atom. The predicted molar refractivity (Wildman–Crippen MR) is 110 cm³/mol. The predicted octanol–water partition coefficient (Wildman–Crippen LogP) is 2.27. The van der Waals surface area contributed by atoms with E-state index in [0.29, 0.717) is 30.8 Å². The van der Waals surface area contributed by atoms with E-state index in [4.69, 9.17) is 4.74 Å². The maximum atomic E-state index is 13.9. The van der Waals surface area contributed by atoms with E-state index in [-0.39, 0.29) is 18.3 Å². The van der Waals surface area contributed by atoms with Crippen molar-refractivity contribution in [3.63, 3.8) is 0 Å². The van der Waals surface area contributed by atoms with Crippen molar-refractivity contribution >= 4 is 17.3 Å². The molecule has 2 aromatic carbocycles. The fourth-order valence-electron chi connectivity index (χ4n) is 3.87. The first-order chi connectivity index (χ1) is 14.1. The van der Waals surface area contributed by atoms with Gasteiger partial charge in [0.2, 0.25) is 5.91 Å². The smallest absolute Gasteiger partial charge is 0.224 e. The molecule has 2 aliphatic rings. The number of piperazine rings is 1. The maximum absolute atomic E-state index is 13.9. The Labute approximate surface area is 169 Å². The molecule has 2 aromatic rings. The normalized spacial score (nSPS) is 18.1. The van der Waals surface area contributed by atoms with Gasteiger partial charge in [-0.15, -0.1) is 0 Å². The first kappa shape index (κ1) is 19.7. The molecule has 2 N–H and O–H groups in total. The Morgan fingerprint density at radius 2 is 1.90 bits per heavy atom. The van der Waals surface area contributed by atoms with Crippen molar-refractivity contribution in [2.24, 2.45) is 0 Å². The van der Waals surface area contributed by atoms with Crippen molar-refractivity contribution < 1.29 is 19.0 Å². The van der Waals surface area contributed by atoms with Gasteiger partial charge in [0, 0.05) is 44.8 Å². The minimum atomic E-state index is -0.606. The van der Waals surface area contributed by atoms with Crippen LogP contribution in [0.25, 0.3) is 0 Å². The molecular formula is C22H26FN3O3. The molecule has 2 heterocycles. The summed E-state index contributed by atoms with van der Waals surface area (Å²) in [6.07, 6.45) is 0.580. The fourth-order valence-corrected chi connectivity index (χ4v) is 3.87. The monoisotopic (exact) mass is 399 g/mol. The topological polar surface area (TPSA) is 65.0 Å². The number of aliphatic hydroxyl groups is 1. The van der Waals surface area contributed by atoms with Gasteiger partial charge in [0.05, 0.1) is 5.69 Å². The standard InChI is InChI=1S/C22H26FN3O3/c23-19-3-1-2-4-21(19)26-11-9-25(10-12-26)14-17(27)15-29-18-6-7-20-16(13-18)5-8-22(28)24-20/h1-4,6-7,13,17,27H,5,8-12,14-15H2,(H,24,28)/t17-/m0/s1. The SMILES string of the molecule is O=C1CCc2cc(OC[C@@H](O)CN3CCN(c4ccccc4F)CC3)ccc2N1. The number of aliphatic hydroxyl groups excluding tert-OH is 1. The lowest BCUT2D eigenvalue weighted by atomic mass is 10.0. The molecule has 1 amide bonds. The van der Waals surface area contributed by atoms with Crippen LogP contribution >= 0.6 is 0 Å². The van der Waals surface area contributed by atoms with Crippen molar-refractivity contribution in [2.45, 2.75) is 18.9 Å². The van der Waals surface area contributed by atoms with Gasteiger partial charge in [0.25, 0.3) is 0 Å². The molecule has 0 spiro atoms. The number of hydrogen-bond acceptors (Lipinski definition) is 5. The maximum Gasteiger partial charge on any atom is 0.224 e. The Balaban J connectivity index is 1.23. The van der Waals surface area contributed by atoms with Gasteiger partial charge in [-0.25, -0.2) is 4.39 Å². The van der Waals surface area contributed by atoms with E-state index in [0.717, 1.165) is 37.4 Å². The lowest BCUT2D eigenvalue weighted by molar-refractivity contribution is -0.116. The van der Waals surface area contributed by atoms with E-state index in [1.54, 1.807) is 12.1 Å². The van der Waals surface area contributed by atoms with Crippen LogP contribution in [0.2, 0.25) is 0 Å². The third kappa shape index (κ3) is 4.86. The molecule has 0 bridgehead atoms. The van der Waals surface area contributed by atoms with E-state index >= 15 is 0 Å². The van der Waals surface area contributed by atoms with Gasteiger partial charge in [-0.1, -0.05) is 12.1 Å². The molecule has 1 saturated heterocycles. The van der Waals surface area contributed by atoms with Crippen LogP contribution < -0.4 is 15.0 Å². The summed E-state index contributed by atoms with van der Waals surface area (Å²) in [6, 6.07) is 12.4. The van der Waals surface area contributed by atoms with Crippen LogP contribution in [0.5, 0.6) is 5.75 Å². The van der Waals surface area contributed by atoms with Crippen LogP contribution in [0.1, 0.15) is 12.0 Å². The van der Waals surface area contributed by atoms with Gasteiger partial charge >= 0.3 is 0 Å². The van der Waals surface area contributed by atoms with Crippen LogP contribution in [0.15, 0.2) is 42.5 Å². The number of ether oxygens (including phenoxy) is 1. The van der Waals surface area contributed by atoms with Crippen LogP contribution in [0.3, 0.4) is 0 Å². The molecule has 0 aliphatic carbocycles. The van der Waals surface area contributed by atoms with Crippen LogP contribution in [-0.2, 0) is 11.2 Å². The van der Waals surface area contributed by atoms with E-state index in [9.17, 15) is 14.3 Å². The summed E-state index contributed by atoms with van der Waals surface area (Å²) in [6.45, 7) is 3.72. The molecule has 1 atom stereocenters. The number of β-amino-alcohol motifs (C(OH)–C–C–N with tert-alkyl or cyclic N) is 1. The van der Waals surface area contributed by atoms with Crippen molar-refractivity contribution in [3.8, 4) is 5.75 Å². The number of nitrogens with zero attached hydrogens (tertiary/aromatic N) is 2. The minimum absolute atomic E-state index is 0.0386. The highest BCUT2D eigenvalue weighted by Gasteiger charge is 2.21. The van der Waals surface area contributed by atoms with Crippen molar-refractivity contribution in [2.75, 3.05) is 49.5 Å². The summed E-state index contributed by atoms with van der Waals surface area (Å²) < 4.78 is 19.7. The van der Waals surface area contributed by atoms with E-state index in [2.05, 4.69) is 10.2 Å². The molecule has 6 nitrogen and oxygen atoms in total. The Hall–Kier alpha value is -2.64. The molecule has 0 radical (unpaired) electrons. The molecule has 0 saturated carbocycles. The number of anilines is 2. The number of carbonyl (C=O) groups excluding carboxylic acids is 1. The minimum Gasteiger partial charge on any atom is -0.491 e. The number of carbonyl (C=O) groups is 1.